The SMILES string of the molecule is N#CNC1=NC(c2ccc(NC(=O)OCc3ccccc3)cc2)c2c(nc(N)c(C#N)c2N)N1. The van der Waals surface area contributed by atoms with Gasteiger partial charge in [0, 0.05) is 11.3 Å². The molecule has 168 valence electrons. The molecule has 11 nitrogen and oxygen atoms in total. The topological polar surface area (TPSA) is 187 Å². The molecule has 1 aliphatic rings. The summed E-state index contributed by atoms with van der Waals surface area (Å²) in [6.45, 7) is 0.149. The second-order valence-electron chi connectivity index (χ2n) is 7.21. The van der Waals surface area contributed by atoms with Crippen LogP contribution in [-0.2, 0) is 11.3 Å². The van der Waals surface area contributed by atoms with Crippen LogP contribution < -0.4 is 27.4 Å². The number of ether oxygens (including phenoxy) is 1. The van der Waals surface area contributed by atoms with E-state index in [1.54, 1.807) is 30.5 Å². The Morgan fingerprint density at radius 3 is 2.53 bits per heavy atom. The number of anilines is 4. The van der Waals surface area contributed by atoms with Gasteiger partial charge in [0.2, 0.25) is 5.96 Å². The number of nitrogens with zero attached hydrogens (tertiary/aromatic N) is 4. The number of aliphatic imine (C=N–C) groups is 1. The maximum Gasteiger partial charge on any atom is 0.411 e. The molecule has 34 heavy (non-hydrogen) atoms. The van der Waals surface area contributed by atoms with Crippen molar-refractivity contribution in [2.45, 2.75) is 12.6 Å². The van der Waals surface area contributed by atoms with Gasteiger partial charge in [0.25, 0.3) is 0 Å². The molecule has 0 bridgehead atoms. The minimum Gasteiger partial charge on any atom is -0.444 e. The molecule has 0 saturated heterocycles. The minimum absolute atomic E-state index is 0.0308. The van der Waals surface area contributed by atoms with Gasteiger partial charge < -0.3 is 21.5 Å². The lowest BCUT2D eigenvalue weighted by Crippen LogP contribution is -2.32. The first-order chi connectivity index (χ1) is 16.5. The fraction of sp³-hybridized carbons (Fsp3) is 0.0870. The highest BCUT2D eigenvalue weighted by molar-refractivity contribution is 5.98. The predicted octanol–water partition coefficient (Wildman–Crippen LogP) is 2.81. The Bertz CT molecular complexity index is 1340. The summed E-state index contributed by atoms with van der Waals surface area (Å²) in [5.74, 6) is 0.415. The summed E-state index contributed by atoms with van der Waals surface area (Å²) in [5.41, 5.74) is 14.8. The number of hydrogen-bond acceptors (Lipinski definition) is 10. The van der Waals surface area contributed by atoms with Crippen LogP contribution in [0.5, 0.6) is 0 Å². The molecular weight excluding hydrogens is 434 g/mol. The van der Waals surface area contributed by atoms with Crippen molar-refractivity contribution in [2.24, 2.45) is 4.99 Å². The van der Waals surface area contributed by atoms with Crippen LogP contribution in [-0.4, -0.2) is 17.0 Å². The van der Waals surface area contributed by atoms with Crippen LogP contribution in [0.15, 0.2) is 59.6 Å². The summed E-state index contributed by atoms with van der Waals surface area (Å²) in [5, 5.41) is 26.4. The quantitative estimate of drug-likeness (QED) is 0.292. The van der Waals surface area contributed by atoms with Gasteiger partial charge in [-0.05, 0) is 23.3 Å². The molecule has 11 heteroatoms. The monoisotopic (exact) mass is 453 g/mol. The Balaban J connectivity index is 1.56. The summed E-state index contributed by atoms with van der Waals surface area (Å²) >= 11 is 0. The summed E-state index contributed by atoms with van der Waals surface area (Å²) in [4.78, 5) is 20.8. The third-order valence-corrected chi connectivity index (χ3v) is 5.04. The van der Waals surface area contributed by atoms with Crippen LogP contribution in [0.4, 0.5) is 27.8 Å². The first kappa shape index (κ1) is 21.9. The zero-order valence-corrected chi connectivity index (χ0v) is 17.7. The highest BCUT2D eigenvalue weighted by Gasteiger charge is 2.29. The summed E-state index contributed by atoms with van der Waals surface area (Å²) in [7, 11) is 0. The Morgan fingerprint density at radius 1 is 1.12 bits per heavy atom. The van der Waals surface area contributed by atoms with Gasteiger partial charge in [-0.1, -0.05) is 42.5 Å². The van der Waals surface area contributed by atoms with E-state index in [0.29, 0.717) is 22.6 Å². The Labute approximate surface area is 194 Å². The van der Waals surface area contributed by atoms with Crippen LogP contribution in [0.2, 0.25) is 0 Å². The number of amides is 1. The number of carbonyl (C=O) groups is 1. The maximum atomic E-state index is 12.1. The van der Waals surface area contributed by atoms with E-state index in [-0.39, 0.29) is 29.6 Å². The van der Waals surface area contributed by atoms with Gasteiger partial charge in [0.15, 0.2) is 6.19 Å². The summed E-state index contributed by atoms with van der Waals surface area (Å²) in [6, 6.07) is 17.5. The lowest BCUT2D eigenvalue weighted by Gasteiger charge is -2.26. The number of hydrogen-bond donors (Lipinski definition) is 5. The van der Waals surface area contributed by atoms with Crippen molar-refractivity contribution in [3.8, 4) is 12.3 Å². The summed E-state index contributed by atoms with van der Waals surface area (Å²) in [6.07, 6.45) is 1.21. The van der Waals surface area contributed by atoms with E-state index in [4.69, 9.17) is 21.5 Å². The van der Waals surface area contributed by atoms with Crippen LogP contribution in [0.3, 0.4) is 0 Å². The highest BCUT2D eigenvalue weighted by Crippen LogP contribution is 2.40. The molecule has 2 aromatic carbocycles. The molecule has 1 unspecified atom stereocenters. The van der Waals surface area contributed by atoms with Gasteiger partial charge in [-0.15, -0.1) is 0 Å². The van der Waals surface area contributed by atoms with Crippen molar-refractivity contribution in [1.29, 1.82) is 10.5 Å². The van der Waals surface area contributed by atoms with Crippen molar-refractivity contribution in [1.82, 2.24) is 10.3 Å². The molecule has 1 amide bonds. The average Bonchev–Trinajstić information content (AvgIpc) is 2.84. The average molecular weight is 453 g/mol. The third kappa shape index (κ3) is 4.49. The molecule has 0 spiro atoms. The number of pyridine rings is 1. The first-order valence-corrected chi connectivity index (χ1v) is 10.1. The molecule has 0 radical (unpaired) electrons. The van der Waals surface area contributed by atoms with Gasteiger partial charge in [0.1, 0.15) is 35.9 Å². The fourth-order valence-corrected chi connectivity index (χ4v) is 3.45. The normalized spacial score (nSPS) is 13.8. The molecule has 0 fully saturated rings. The van der Waals surface area contributed by atoms with Crippen molar-refractivity contribution in [3.63, 3.8) is 0 Å². The Kier molecular flexibility index (Phi) is 6.10. The lowest BCUT2D eigenvalue weighted by molar-refractivity contribution is 0.155. The van der Waals surface area contributed by atoms with E-state index < -0.39 is 12.1 Å². The zero-order valence-electron chi connectivity index (χ0n) is 17.7. The van der Waals surface area contributed by atoms with E-state index in [9.17, 15) is 10.1 Å². The molecule has 1 aromatic heterocycles. The number of aromatic nitrogens is 1. The van der Waals surface area contributed by atoms with E-state index >= 15 is 0 Å². The second-order valence-corrected chi connectivity index (χ2v) is 7.21. The fourth-order valence-electron chi connectivity index (χ4n) is 3.45. The van der Waals surface area contributed by atoms with Crippen LogP contribution in [0, 0.1) is 22.8 Å². The standard InChI is InChI=1S/C23H19N9O2/c24-10-16-18(26)17-19(30-22(28-12-25)32-21(17)31-20(16)27)14-6-8-15(9-7-14)29-23(33)34-11-13-4-2-1-3-5-13/h1-9,19H,11H2,(H,29,33)(H6,26,27,28,30,31,32). The van der Waals surface area contributed by atoms with Crippen LogP contribution in [0.25, 0.3) is 0 Å². The molecule has 0 saturated carbocycles. The molecule has 2 heterocycles. The van der Waals surface area contributed by atoms with Gasteiger partial charge in [-0.25, -0.2) is 14.8 Å². The highest BCUT2D eigenvalue weighted by atomic mass is 16.5. The van der Waals surface area contributed by atoms with Crippen molar-refractivity contribution >= 4 is 35.1 Å². The maximum absolute atomic E-state index is 12.1. The van der Waals surface area contributed by atoms with Crippen molar-refractivity contribution in [2.75, 3.05) is 22.1 Å². The third-order valence-electron chi connectivity index (χ3n) is 5.04. The molecule has 3 aromatic rings. The zero-order chi connectivity index (χ0) is 24.1. The molecule has 1 atom stereocenters. The molecule has 7 N–H and O–H groups in total. The Hall–Kier alpha value is -5.29. The second kappa shape index (κ2) is 9.46. The van der Waals surface area contributed by atoms with Crippen molar-refractivity contribution < 1.29 is 9.53 Å². The molecule has 0 aliphatic carbocycles. The number of nitriles is 2. The number of nitrogen functional groups attached to an aromatic ring is 2. The van der Waals surface area contributed by atoms with E-state index in [2.05, 4.69) is 25.9 Å². The van der Waals surface area contributed by atoms with Gasteiger partial charge in [-0.2, -0.15) is 10.5 Å². The van der Waals surface area contributed by atoms with E-state index in [1.807, 2.05) is 36.4 Å². The van der Waals surface area contributed by atoms with Crippen LogP contribution in [0.1, 0.15) is 28.3 Å². The number of guanidine groups is 1. The molecule has 1 aliphatic heterocycles. The number of nitrogens with one attached hydrogen (secondary N) is 3. The number of benzene rings is 2. The van der Waals surface area contributed by atoms with Gasteiger partial charge in [0.05, 0.1) is 5.69 Å². The van der Waals surface area contributed by atoms with Gasteiger partial charge >= 0.3 is 6.09 Å². The number of fused-ring (bicyclic) bond motifs is 1. The molecular formula is C23H19N9O2. The van der Waals surface area contributed by atoms with Crippen LogP contribution >= 0.6 is 0 Å². The lowest BCUT2D eigenvalue weighted by atomic mass is 9.95. The smallest absolute Gasteiger partial charge is 0.411 e. The Morgan fingerprint density at radius 2 is 1.85 bits per heavy atom. The number of carbonyl (C=O) groups excluding carboxylic acids is 1. The van der Waals surface area contributed by atoms with E-state index in [1.165, 1.54) is 0 Å². The minimum atomic E-state index is -0.675. The number of rotatable bonds is 4. The van der Waals surface area contributed by atoms with Gasteiger partial charge in [-0.3, -0.25) is 10.6 Å². The number of nitrogens with two attached hydrogens (primary N) is 2. The predicted molar refractivity (Wildman–Crippen MR) is 126 cm³/mol. The summed E-state index contributed by atoms with van der Waals surface area (Å²) < 4.78 is 5.23. The molecule has 4 rings (SSSR count). The largest absolute Gasteiger partial charge is 0.444 e. The van der Waals surface area contributed by atoms with Crippen molar-refractivity contribution in [3.05, 3.63) is 76.9 Å². The first-order valence-electron chi connectivity index (χ1n) is 10.1. The van der Waals surface area contributed by atoms with E-state index in [0.717, 1.165) is 5.56 Å².